The summed E-state index contributed by atoms with van der Waals surface area (Å²) in [6.45, 7) is 12.0. The first kappa shape index (κ1) is 17.0. The van der Waals surface area contributed by atoms with E-state index in [9.17, 15) is 0 Å². The van der Waals surface area contributed by atoms with E-state index in [1.165, 1.54) is 58.2 Å². The molecule has 2 heterocycles. The molecule has 3 rings (SSSR count). The number of likely N-dealkylation sites (tertiary alicyclic amines) is 1. The SMILES string of the molecule is CC(C)N1CCc2cc(C[C@@H](C)N3CCCCCC3)ccc2C1. The molecule has 23 heavy (non-hydrogen) atoms. The van der Waals surface area contributed by atoms with Gasteiger partial charge < -0.3 is 4.90 Å². The van der Waals surface area contributed by atoms with Crippen molar-refractivity contribution < 1.29 is 0 Å². The summed E-state index contributed by atoms with van der Waals surface area (Å²) in [5, 5.41) is 0. The predicted molar refractivity (Wildman–Crippen MR) is 98.9 cm³/mol. The average molecular weight is 315 g/mol. The summed E-state index contributed by atoms with van der Waals surface area (Å²) in [6.07, 6.45) is 8.06. The average Bonchev–Trinajstić information content (AvgIpc) is 2.83. The van der Waals surface area contributed by atoms with E-state index in [1.807, 2.05) is 0 Å². The molecule has 0 radical (unpaired) electrons. The number of fused-ring (bicyclic) bond motifs is 1. The van der Waals surface area contributed by atoms with Gasteiger partial charge in [0.15, 0.2) is 0 Å². The van der Waals surface area contributed by atoms with Gasteiger partial charge in [0, 0.05) is 25.2 Å². The molecule has 0 spiro atoms. The minimum absolute atomic E-state index is 0.658. The smallest absolute Gasteiger partial charge is 0.0239 e. The summed E-state index contributed by atoms with van der Waals surface area (Å²) < 4.78 is 0. The highest BCUT2D eigenvalue weighted by Gasteiger charge is 2.20. The molecule has 1 aromatic rings. The van der Waals surface area contributed by atoms with Crippen LogP contribution in [0.5, 0.6) is 0 Å². The highest BCUT2D eigenvalue weighted by Crippen LogP contribution is 2.23. The van der Waals surface area contributed by atoms with Crippen molar-refractivity contribution in [2.24, 2.45) is 0 Å². The van der Waals surface area contributed by atoms with Crippen molar-refractivity contribution in [2.75, 3.05) is 19.6 Å². The number of hydrogen-bond donors (Lipinski definition) is 0. The Labute approximate surface area is 142 Å². The monoisotopic (exact) mass is 314 g/mol. The van der Waals surface area contributed by atoms with Gasteiger partial charge in [-0.05, 0) is 76.2 Å². The molecule has 128 valence electrons. The minimum Gasteiger partial charge on any atom is -0.300 e. The van der Waals surface area contributed by atoms with E-state index in [0.29, 0.717) is 12.1 Å². The Balaban J connectivity index is 1.63. The fourth-order valence-corrected chi connectivity index (χ4v) is 4.20. The van der Waals surface area contributed by atoms with Crippen molar-refractivity contribution in [1.29, 1.82) is 0 Å². The zero-order valence-corrected chi connectivity index (χ0v) is 15.4. The van der Waals surface area contributed by atoms with Crippen LogP contribution in [-0.4, -0.2) is 41.5 Å². The van der Waals surface area contributed by atoms with Crippen molar-refractivity contribution in [2.45, 2.75) is 77.9 Å². The third kappa shape index (κ3) is 4.36. The maximum Gasteiger partial charge on any atom is 0.0239 e. The summed E-state index contributed by atoms with van der Waals surface area (Å²) in [5.41, 5.74) is 4.69. The van der Waals surface area contributed by atoms with Crippen LogP contribution >= 0.6 is 0 Å². The largest absolute Gasteiger partial charge is 0.300 e. The van der Waals surface area contributed by atoms with E-state index >= 15 is 0 Å². The molecule has 0 aromatic heterocycles. The molecule has 1 aromatic carbocycles. The molecule has 0 unspecified atom stereocenters. The summed E-state index contributed by atoms with van der Waals surface area (Å²) >= 11 is 0. The number of rotatable bonds is 4. The third-order valence-electron chi connectivity index (χ3n) is 5.84. The molecule has 0 N–H and O–H groups in total. The fourth-order valence-electron chi connectivity index (χ4n) is 4.20. The molecular formula is C21H34N2. The molecule has 0 saturated carbocycles. The van der Waals surface area contributed by atoms with Gasteiger partial charge in [0.25, 0.3) is 0 Å². The molecule has 1 saturated heterocycles. The summed E-state index contributed by atoms with van der Waals surface area (Å²) in [6, 6.07) is 8.62. The molecular weight excluding hydrogens is 280 g/mol. The minimum atomic E-state index is 0.658. The Morgan fingerprint density at radius 3 is 2.30 bits per heavy atom. The van der Waals surface area contributed by atoms with Crippen LogP contribution in [0.1, 0.15) is 63.1 Å². The molecule has 1 atom stereocenters. The molecule has 2 heteroatoms. The fraction of sp³-hybridized carbons (Fsp3) is 0.714. The van der Waals surface area contributed by atoms with E-state index in [-0.39, 0.29) is 0 Å². The quantitative estimate of drug-likeness (QED) is 0.819. The summed E-state index contributed by atoms with van der Waals surface area (Å²) in [4.78, 5) is 5.30. The van der Waals surface area contributed by atoms with Gasteiger partial charge in [-0.3, -0.25) is 4.90 Å². The van der Waals surface area contributed by atoms with E-state index < -0.39 is 0 Å². The Kier molecular flexibility index (Phi) is 5.76. The van der Waals surface area contributed by atoms with Gasteiger partial charge in [-0.1, -0.05) is 31.0 Å². The summed E-state index contributed by atoms with van der Waals surface area (Å²) in [5.74, 6) is 0. The first-order valence-electron chi connectivity index (χ1n) is 9.72. The molecule has 2 aliphatic heterocycles. The van der Waals surface area contributed by atoms with E-state index in [2.05, 4.69) is 48.8 Å². The molecule has 0 amide bonds. The van der Waals surface area contributed by atoms with Crippen molar-refractivity contribution in [3.63, 3.8) is 0 Å². The molecule has 0 bridgehead atoms. The normalized spacial score (nSPS) is 21.9. The van der Waals surface area contributed by atoms with Crippen LogP contribution in [0.2, 0.25) is 0 Å². The summed E-state index contributed by atoms with van der Waals surface area (Å²) in [7, 11) is 0. The Morgan fingerprint density at radius 2 is 1.61 bits per heavy atom. The van der Waals surface area contributed by atoms with Crippen molar-refractivity contribution in [1.82, 2.24) is 9.80 Å². The van der Waals surface area contributed by atoms with E-state index in [4.69, 9.17) is 0 Å². The first-order valence-corrected chi connectivity index (χ1v) is 9.72. The Morgan fingerprint density at radius 1 is 0.870 bits per heavy atom. The van der Waals surface area contributed by atoms with Gasteiger partial charge in [0.1, 0.15) is 0 Å². The van der Waals surface area contributed by atoms with E-state index in [1.54, 1.807) is 16.7 Å². The van der Waals surface area contributed by atoms with Crippen molar-refractivity contribution >= 4 is 0 Å². The lowest BCUT2D eigenvalue weighted by Crippen LogP contribution is -2.36. The van der Waals surface area contributed by atoms with Gasteiger partial charge in [-0.2, -0.15) is 0 Å². The second-order valence-corrected chi connectivity index (χ2v) is 7.92. The maximum absolute atomic E-state index is 2.72. The topological polar surface area (TPSA) is 6.48 Å². The van der Waals surface area contributed by atoms with Gasteiger partial charge in [-0.15, -0.1) is 0 Å². The molecule has 0 aliphatic carbocycles. The third-order valence-corrected chi connectivity index (χ3v) is 5.84. The highest BCUT2D eigenvalue weighted by atomic mass is 15.2. The maximum atomic E-state index is 2.72. The van der Waals surface area contributed by atoms with Crippen LogP contribution in [0.3, 0.4) is 0 Å². The lowest BCUT2D eigenvalue weighted by Gasteiger charge is -2.32. The van der Waals surface area contributed by atoms with Crippen LogP contribution in [-0.2, 0) is 19.4 Å². The van der Waals surface area contributed by atoms with Crippen molar-refractivity contribution in [3.8, 4) is 0 Å². The lowest BCUT2D eigenvalue weighted by molar-refractivity contribution is 0.203. The Bertz CT molecular complexity index is 501. The first-order chi connectivity index (χ1) is 11.1. The van der Waals surface area contributed by atoms with Crippen LogP contribution in [0.15, 0.2) is 18.2 Å². The number of benzene rings is 1. The van der Waals surface area contributed by atoms with Gasteiger partial charge in [-0.25, -0.2) is 0 Å². The second-order valence-electron chi connectivity index (χ2n) is 7.92. The van der Waals surface area contributed by atoms with Crippen LogP contribution < -0.4 is 0 Å². The van der Waals surface area contributed by atoms with Gasteiger partial charge >= 0.3 is 0 Å². The number of hydrogen-bond acceptors (Lipinski definition) is 2. The van der Waals surface area contributed by atoms with Crippen molar-refractivity contribution in [3.05, 3.63) is 34.9 Å². The van der Waals surface area contributed by atoms with Gasteiger partial charge in [0.2, 0.25) is 0 Å². The Hall–Kier alpha value is -0.860. The molecule has 1 fully saturated rings. The standard InChI is InChI=1S/C21H34N2/c1-17(2)23-13-10-20-15-19(8-9-21(20)16-23)14-18(3)22-11-6-4-5-7-12-22/h8-9,15,17-18H,4-7,10-14,16H2,1-3H3/t18-/m1/s1. The molecule has 2 aliphatic rings. The van der Waals surface area contributed by atoms with Gasteiger partial charge in [0.05, 0.1) is 0 Å². The lowest BCUT2D eigenvalue weighted by atomic mass is 9.94. The van der Waals surface area contributed by atoms with E-state index in [0.717, 1.165) is 6.54 Å². The van der Waals surface area contributed by atoms with Crippen LogP contribution in [0.4, 0.5) is 0 Å². The molecule has 2 nitrogen and oxygen atoms in total. The predicted octanol–water partition coefficient (Wildman–Crippen LogP) is 4.26. The second kappa shape index (κ2) is 7.81. The zero-order chi connectivity index (χ0) is 16.2. The zero-order valence-electron chi connectivity index (χ0n) is 15.4. The van der Waals surface area contributed by atoms with Crippen LogP contribution in [0.25, 0.3) is 0 Å². The van der Waals surface area contributed by atoms with Crippen LogP contribution in [0, 0.1) is 0 Å². The highest BCUT2D eigenvalue weighted by molar-refractivity contribution is 5.34. The number of nitrogens with zero attached hydrogens (tertiary/aromatic N) is 2.